The maximum atomic E-state index is 3.72. The fourth-order valence-electron chi connectivity index (χ4n) is 2.69. The molecule has 1 saturated heterocycles. The monoisotopic (exact) mass is 209 g/mol. The van der Waals surface area contributed by atoms with E-state index in [0.717, 1.165) is 0 Å². The highest BCUT2D eigenvalue weighted by atomic mass is 32.1. The largest absolute Gasteiger partial charge is 0.307 e. The Labute approximate surface area is 90.5 Å². The van der Waals surface area contributed by atoms with Crippen LogP contribution in [0.5, 0.6) is 0 Å². The van der Waals surface area contributed by atoms with Crippen molar-refractivity contribution in [2.45, 2.75) is 45.1 Å². The Hall–Kier alpha value is -0.340. The molecule has 0 bridgehead atoms. The van der Waals surface area contributed by atoms with Gasteiger partial charge >= 0.3 is 0 Å². The van der Waals surface area contributed by atoms with Gasteiger partial charge in [-0.25, -0.2) is 0 Å². The summed E-state index contributed by atoms with van der Waals surface area (Å²) < 4.78 is 0. The molecule has 1 aliphatic rings. The molecule has 0 saturated carbocycles. The highest BCUT2D eigenvalue weighted by molar-refractivity contribution is 7.10. The van der Waals surface area contributed by atoms with Gasteiger partial charge in [-0.1, -0.05) is 13.3 Å². The molecular weight excluding hydrogens is 190 g/mol. The molecule has 2 rings (SSSR count). The first-order valence-electron chi connectivity index (χ1n) is 5.58. The molecule has 1 N–H and O–H groups in total. The maximum absolute atomic E-state index is 3.72. The lowest BCUT2D eigenvalue weighted by Gasteiger charge is -2.29. The first-order valence-corrected chi connectivity index (χ1v) is 6.46. The third-order valence-corrected chi connectivity index (χ3v) is 4.14. The Morgan fingerprint density at radius 2 is 2.43 bits per heavy atom. The standard InChI is InChI=1S/C12H19NS/c1-3-6-12(7-4-8-13-12)11-5-9-14-10(11)2/h5,9,13H,3-4,6-8H2,1-2H3. The van der Waals surface area contributed by atoms with Crippen molar-refractivity contribution >= 4 is 11.3 Å². The van der Waals surface area contributed by atoms with E-state index >= 15 is 0 Å². The van der Waals surface area contributed by atoms with Gasteiger partial charge in [0.05, 0.1) is 0 Å². The molecule has 78 valence electrons. The quantitative estimate of drug-likeness (QED) is 0.804. The minimum absolute atomic E-state index is 0.318. The van der Waals surface area contributed by atoms with Crippen molar-refractivity contribution in [3.8, 4) is 0 Å². The lowest BCUT2D eigenvalue weighted by molar-refractivity contribution is 0.355. The molecule has 1 fully saturated rings. The molecule has 1 aliphatic heterocycles. The van der Waals surface area contributed by atoms with Gasteiger partial charge in [0.2, 0.25) is 0 Å². The molecule has 1 unspecified atom stereocenters. The second-order valence-electron chi connectivity index (χ2n) is 4.25. The first kappa shape index (κ1) is 10.2. The van der Waals surface area contributed by atoms with Crippen molar-refractivity contribution in [2.75, 3.05) is 6.54 Å². The highest BCUT2D eigenvalue weighted by Gasteiger charge is 2.35. The molecule has 0 spiro atoms. The fourth-order valence-corrected chi connectivity index (χ4v) is 3.49. The summed E-state index contributed by atoms with van der Waals surface area (Å²) in [7, 11) is 0. The van der Waals surface area contributed by atoms with Crippen molar-refractivity contribution in [3.05, 3.63) is 21.9 Å². The van der Waals surface area contributed by atoms with Gasteiger partial charge in [0.25, 0.3) is 0 Å². The smallest absolute Gasteiger partial charge is 0.0445 e. The van der Waals surface area contributed by atoms with Crippen LogP contribution < -0.4 is 5.32 Å². The Morgan fingerprint density at radius 3 is 2.93 bits per heavy atom. The van der Waals surface area contributed by atoms with Gasteiger partial charge in [-0.3, -0.25) is 0 Å². The molecule has 14 heavy (non-hydrogen) atoms. The van der Waals surface area contributed by atoms with Gasteiger partial charge in [0, 0.05) is 10.4 Å². The molecular formula is C12H19NS. The summed E-state index contributed by atoms with van der Waals surface area (Å²) >= 11 is 1.88. The van der Waals surface area contributed by atoms with Gasteiger partial charge in [0.1, 0.15) is 0 Å². The first-order chi connectivity index (χ1) is 6.78. The van der Waals surface area contributed by atoms with E-state index in [4.69, 9.17) is 0 Å². The second-order valence-corrected chi connectivity index (χ2v) is 5.37. The van der Waals surface area contributed by atoms with Crippen LogP contribution in [-0.4, -0.2) is 6.54 Å². The zero-order valence-electron chi connectivity index (χ0n) is 9.10. The Balaban J connectivity index is 2.31. The van der Waals surface area contributed by atoms with E-state index < -0.39 is 0 Å². The Morgan fingerprint density at radius 1 is 1.57 bits per heavy atom. The van der Waals surface area contributed by atoms with Crippen molar-refractivity contribution in [3.63, 3.8) is 0 Å². The van der Waals surface area contributed by atoms with Crippen LogP contribution in [0.4, 0.5) is 0 Å². The zero-order chi connectivity index (χ0) is 10.0. The number of aryl methyl sites for hydroxylation is 1. The number of thiophene rings is 1. The van der Waals surface area contributed by atoms with Crippen LogP contribution in [0.1, 0.15) is 43.0 Å². The minimum atomic E-state index is 0.318. The van der Waals surface area contributed by atoms with E-state index in [-0.39, 0.29) is 0 Å². The third kappa shape index (κ3) is 1.61. The molecule has 1 atom stereocenters. The predicted octanol–water partition coefficient (Wildman–Crippen LogP) is 3.44. The number of hydrogen-bond acceptors (Lipinski definition) is 2. The van der Waals surface area contributed by atoms with Crippen molar-refractivity contribution < 1.29 is 0 Å². The maximum Gasteiger partial charge on any atom is 0.0445 e. The minimum Gasteiger partial charge on any atom is -0.307 e. The van der Waals surface area contributed by atoms with Crippen molar-refractivity contribution in [2.24, 2.45) is 0 Å². The molecule has 1 nitrogen and oxygen atoms in total. The van der Waals surface area contributed by atoms with Gasteiger partial charge < -0.3 is 5.32 Å². The molecule has 2 heteroatoms. The number of hydrogen-bond donors (Lipinski definition) is 1. The molecule has 0 amide bonds. The van der Waals surface area contributed by atoms with E-state index in [9.17, 15) is 0 Å². The van der Waals surface area contributed by atoms with Crippen LogP contribution in [0.25, 0.3) is 0 Å². The van der Waals surface area contributed by atoms with E-state index in [2.05, 4.69) is 30.6 Å². The molecule has 0 radical (unpaired) electrons. The average Bonchev–Trinajstić information content (AvgIpc) is 2.75. The van der Waals surface area contributed by atoms with Crippen LogP contribution in [-0.2, 0) is 5.54 Å². The summed E-state index contributed by atoms with van der Waals surface area (Å²) in [6.45, 7) is 5.72. The van der Waals surface area contributed by atoms with Crippen molar-refractivity contribution in [1.82, 2.24) is 5.32 Å². The third-order valence-electron chi connectivity index (χ3n) is 3.29. The van der Waals surface area contributed by atoms with Gasteiger partial charge in [-0.2, -0.15) is 0 Å². The van der Waals surface area contributed by atoms with E-state index in [1.54, 1.807) is 5.56 Å². The van der Waals surface area contributed by atoms with Gasteiger partial charge in [0.15, 0.2) is 0 Å². The molecule has 1 aromatic rings. The van der Waals surface area contributed by atoms with Crippen LogP contribution >= 0.6 is 11.3 Å². The lowest BCUT2D eigenvalue weighted by atomic mass is 9.85. The van der Waals surface area contributed by atoms with Crippen LogP contribution in [0, 0.1) is 6.92 Å². The number of nitrogens with one attached hydrogen (secondary N) is 1. The highest BCUT2D eigenvalue weighted by Crippen LogP contribution is 2.38. The summed E-state index contributed by atoms with van der Waals surface area (Å²) in [4.78, 5) is 1.49. The van der Waals surface area contributed by atoms with Crippen LogP contribution in [0.3, 0.4) is 0 Å². The van der Waals surface area contributed by atoms with E-state index in [1.165, 1.54) is 37.1 Å². The average molecular weight is 209 g/mol. The van der Waals surface area contributed by atoms with E-state index in [1.807, 2.05) is 11.3 Å². The Bertz CT molecular complexity index is 297. The number of rotatable bonds is 3. The normalized spacial score (nSPS) is 27.0. The summed E-state index contributed by atoms with van der Waals surface area (Å²) in [5.74, 6) is 0. The zero-order valence-corrected chi connectivity index (χ0v) is 9.91. The molecule has 1 aromatic heterocycles. The fraction of sp³-hybridized carbons (Fsp3) is 0.667. The SMILES string of the molecule is CCCC1(c2ccsc2C)CCCN1. The summed E-state index contributed by atoms with van der Waals surface area (Å²) in [5, 5.41) is 5.95. The summed E-state index contributed by atoms with van der Waals surface area (Å²) in [5.41, 5.74) is 1.88. The van der Waals surface area contributed by atoms with Gasteiger partial charge in [-0.05, 0) is 49.7 Å². The lowest BCUT2D eigenvalue weighted by Crippen LogP contribution is -2.36. The van der Waals surface area contributed by atoms with Crippen molar-refractivity contribution in [1.29, 1.82) is 0 Å². The topological polar surface area (TPSA) is 12.0 Å². The van der Waals surface area contributed by atoms with Crippen LogP contribution in [0.15, 0.2) is 11.4 Å². The predicted molar refractivity (Wildman–Crippen MR) is 62.9 cm³/mol. The summed E-state index contributed by atoms with van der Waals surface area (Å²) in [6.07, 6.45) is 5.20. The van der Waals surface area contributed by atoms with E-state index in [0.29, 0.717) is 5.54 Å². The second kappa shape index (κ2) is 4.03. The Kier molecular flexibility index (Phi) is 2.93. The summed E-state index contributed by atoms with van der Waals surface area (Å²) in [6, 6.07) is 2.31. The van der Waals surface area contributed by atoms with Crippen LogP contribution in [0.2, 0.25) is 0 Å². The molecule has 0 aromatic carbocycles. The van der Waals surface area contributed by atoms with Gasteiger partial charge in [-0.15, -0.1) is 11.3 Å². The molecule has 0 aliphatic carbocycles. The molecule has 2 heterocycles.